The predicted octanol–water partition coefficient (Wildman–Crippen LogP) is 5.37. The molecule has 0 amide bonds. The predicted molar refractivity (Wildman–Crippen MR) is 120 cm³/mol. The van der Waals surface area contributed by atoms with Crippen LogP contribution in [0.3, 0.4) is 0 Å². The SMILES string of the molecule is Cc1noc(-c2ccc(-c3ccccc3)cc2)c1C(O)c1nnc(Cc2ccccc2)o1. The highest BCUT2D eigenvalue weighted by atomic mass is 16.5. The van der Waals surface area contributed by atoms with E-state index in [-0.39, 0.29) is 5.89 Å². The molecule has 1 unspecified atom stereocenters. The van der Waals surface area contributed by atoms with Crippen LogP contribution in [0.4, 0.5) is 0 Å². The number of aryl methyl sites for hydroxylation is 1. The minimum atomic E-state index is -1.14. The first kappa shape index (κ1) is 19.9. The van der Waals surface area contributed by atoms with Crippen molar-refractivity contribution in [3.05, 3.63) is 114 Å². The van der Waals surface area contributed by atoms with Gasteiger partial charge in [-0.1, -0.05) is 90.1 Å². The Morgan fingerprint density at radius 3 is 2.12 bits per heavy atom. The van der Waals surface area contributed by atoms with Crippen LogP contribution in [0.2, 0.25) is 0 Å². The summed E-state index contributed by atoms with van der Waals surface area (Å²) in [4.78, 5) is 0. The van der Waals surface area contributed by atoms with E-state index >= 15 is 0 Å². The molecular formula is C26H21N3O3. The Bertz CT molecular complexity index is 1310. The highest BCUT2D eigenvalue weighted by Crippen LogP contribution is 2.35. The molecule has 5 aromatic rings. The molecule has 6 nitrogen and oxygen atoms in total. The van der Waals surface area contributed by atoms with Crippen LogP contribution in [0.15, 0.2) is 93.9 Å². The fourth-order valence-electron chi connectivity index (χ4n) is 3.69. The maximum Gasteiger partial charge on any atom is 0.249 e. The van der Waals surface area contributed by atoms with E-state index in [0.717, 1.165) is 22.3 Å². The minimum Gasteiger partial charge on any atom is -0.422 e. The molecule has 3 aromatic carbocycles. The minimum absolute atomic E-state index is 0.115. The van der Waals surface area contributed by atoms with E-state index in [0.29, 0.717) is 29.3 Å². The zero-order chi connectivity index (χ0) is 21.9. The van der Waals surface area contributed by atoms with Crippen LogP contribution in [-0.4, -0.2) is 20.5 Å². The van der Waals surface area contributed by atoms with E-state index in [1.165, 1.54) is 0 Å². The summed E-state index contributed by atoms with van der Waals surface area (Å²) in [5.74, 6) is 1.04. The van der Waals surface area contributed by atoms with Crippen molar-refractivity contribution in [1.29, 1.82) is 0 Å². The summed E-state index contributed by atoms with van der Waals surface area (Å²) in [6, 6.07) is 27.9. The third kappa shape index (κ3) is 3.96. The molecule has 158 valence electrons. The molecule has 1 atom stereocenters. The molecule has 6 heteroatoms. The third-order valence-corrected chi connectivity index (χ3v) is 5.35. The molecule has 0 aliphatic rings. The molecule has 32 heavy (non-hydrogen) atoms. The first-order valence-corrected chi connectivity index (χ1v) is 10.4. The Morgan fingerprint density at radius 2 is 1.41 bits per heavy atom. The fraction of sp³-hybridized carbons (Fsp3) is 0.115. The van der Waals surface area contributed by atoms with E-state index < -0.39 is 6.10 Å². The number of aromatic nitrogens is 3. The number of aliphatic hydroxyl groups is 1. The summed E-state index contributed by atoms with van der Waals surface area (Å²) in [7, 11) is 0. The molecule has 0 bridgehead atoms. The lowest BCUT2D eigenvalue weighted by Crippen LogP contribution is -2.02. The van der Waals surface area contributed by atoms with Crippen LogP contribution in [0.1, 0.15) is 34.7 Å². The molecular weight excluding hydrogens is 402 g/mol. The number of hydrogen-bond acceptors (Lipinski definition) is 6. The monoisotopic (exact) mass is 423 g/mol. The van der Waals surface area contributed by atoms with Gasteiger partial charge in [-0.05, 0) is 23.6 Å². The van der Waals surface area contributed by atoms with Crippen molar-refractivity contribution in [3.63, 3.8) is 0 Å². The Hall–Kier alpha value is -4.03. The molecule has 2 aromatic heterocycles. The highest BCUT2D eigenvalue weighted by molar-refractivity contribution is 5.70. The lowest BCUT2D eigenvalue weighted by molar-refractivity contribution is 0.180. The van der Waals surface area contributed by atoms with Crippen LogP contribution in [0, 0.1) is 6.92 Å². The van der Waals surface area contributed by atoms with Crippen molar-refractivity contribution in [2.45, 2.75) is 19.4 Å². The summed E-state index contributed by atoms with van der Waals surface area (Å²) < 4.78 is 11.3. The highest BCUT2D eigenvalue weighted by Gasteiger charge is 2.27. The average Bonchev–Trinajstić information content (AvgIpc) is 3.47. The summed E-state index contributed by atoms with van der Waals surface area (Å²) in [6.45, 7) is 1.78. The van der Waals surface area contributed by atoms with Crippen molar-refractivity contribution in [2.24, 2.45) is 0 Å². The fourth-order valence-corrected chi connectivity index (χ4v) is 3.69. The van der Waals surface area contributed by atoms with Gasteiger partial charge in [0.25, 0.3) is 0 Å². The van der Waals surface area contributed by atoms with Gasteiger partial charge in [-0.3, -0.25) is 0 Å². The lowest BCUT2D eigenvalue weighted by Gasteiger charge is -2.08. The number of aliphatic hydroxyl groups excluding tert-OH is 1. The van der Waals surface area contributed by atoms with Crippen LogP contribution < -0.4 is 0 Å². The molecule has 0 radical (unpaired) electrons. The molecule has 0 saturated carbocycles. The molecule has 2 heterocycles. The summed E-state index contributed by atoms with van der Waals surface area (Å²) in [6.07, 6.45) is -0.640. The molecule has 1 N–H and O–H groups in total. The zero-order valence-electron chi connectivity index (χ0n) is 17.5. The summed E-state index contributed by atoms with van der Waals surface area (Å²) in [5.41, 5.74) is 5.18. The van der Waals surface area contributed by atoms with Gasteiger partial charge < -0.3 is 14.0 Å². The van der Waals surface area contributed by atoms with Crippen molar-refractivity contribution in [1.82, 2.24) is 15.4 Å². The number of hydrogen-bond donors (Lipinski definition) is 1. The summed E-state index contributed by atoms with van der Waals surface area (Å²) >= 11 is 0. The normalized spacial score (nSPS) is 12.1. The van der Waals surface area contributed by atoms with Crippen LogP contribution in [-0.2, 0) is 6.42 Å². The Balaban J connectivity index is 1.41. The number of benzene rings is 3. The number of rotatable bonds is 6. The molecule has 0 aliphatic carbocycles. The summed E-state index contributed by atoms with van der Waals surface area (Å²) in [5, 5.41) is 23.2. The van der Waals surface area contributed by atoms with Crippen LogP contribution in [0.25, 0.3) is 22.5 Å². The van der Waals surface area contributed by atoms with Gasteiger partial charge in [-0.25, -0.2) is 0 Å². The van der Waals surface area contributed by atoms with E-state index in [4.69, 9.17) is 8.94 Å². The van der Waals surface area contributed by atoms with Crippen molar-refractivity contribution in [2.75, 3.05) is 0 Å². The Kier molecular flexibility index (Phi) is 5.35. The van der Waals surface area contributed by atoms with Crippen molar-refractivity contribution >= 4 is 0 Å². The number of nitrogens with zero attached hydrogens (tertiary/aromatic N) is 3. The molecule has 5 rings (SSSR count). The van der Waals surface area contributed by atoms with Gasteiger partial charge in [-0.15, -0.1) is 10.2 Å². The van der Waals surface area contributed by atoms with Gasteiger partial charge >= 0.3 is 0 Å². The van der Waals surface area contributed by atoms with Gasteiger partial charge in [0.15, 0.2) is 11.9 Å². The van der Waals surface area contributed by atoms with Crippen LogP contribution in [0.5, 0.6) is 0 Å². The first-order valence-electron chi connectivity index (χ1n) is 10.4. The second-order valence-electron chi connectivity index (χ2n) is 7.55. The van der Waals surface area contributed by atoms with Crippen molar-refractivity contribution < 1.29 is 14.0 Å². The van der Waals surface area contributed by atoms with E-state index in [9.17, 15) is 5.11 Å². The van der Waals surface area contributed by atoms with Gasteiger partial charge in [0.05, 0.1) is 17.7 Å². The molecule has 0 saturated heterocycles. The van der Waals surface area contributed by atoms with Crippen molar-refractivity contribution in [3.8, 4) is 22.5 Å². The second kappa shape index (κ2) is 8.61. The standard InChI is InChI=1S/C26H21N3O3/c1-17-23(24(30)26-28-27-22(31-26)16-18-8-4-2-5-9-18)25(32-29-17)21-14-12-20(13-15-21)19-10-6-3-7-11-19/h2-15,24,30H,16H2,1H3. The maximum atomic E-state index is 11.0. The molecule has 0 aliphatic heterocycles. The third-order valence-electron chi connectivity index (χ3n) is 5.35. The topological polar surface area (TPSA) is 85.2 Å². The van der Waals surface area contributed by atoms with E-state index in [1.54, 1.807) is 6.92 Å². The smallest absolute Gasteiger partial charge is 0.249 e. The van der Waals surface area contributed by atoms with Crippen LogP contribution >= 0.6 is 0 Å². The Morgan fingerprint density at radius 1 is 0.781 bits per heavy atom. The van der Waals surface area contributed by atoms with E-state index in [1.807, 2.05) is 72.8 Å². The second-order valence-corrected chi connectivity index (χ2v) is 7.55. The van der Waals surface area contributed by atoms with Gasteiger partial charge in [0.2, 0.25) is 11.8 Å². The van der Waals surface area contributed by atoms with E-state index in [2.05, 4.69) is 27.5 Å². The van der Waals surface area contributed by atoms with Gasteiger partial charge in [0.1, 0.15) is 0 Å². The zero-order valence-corrected chi connectivity index (χ0v) is 17.5. The lowest BCUT2D eigenvalue weighted by atomic mass is 9.99. The maximum absolute atomic E-state index is 11.0. The quantitative estimate of drug-likeness (QED) is 0.395. The largest absolute Gasteiger partial charge is 0.422 e. The first-order chi connectivity index (χ1) is 15.7. The average molecular weight is 423 g/mol. The van der Waals surface area contributed by atoms with Gasteiger partial charge in [0, 0.05) is 5.56 Å². The Labute approximate surface area is 185 Å². The molecule has 0 spiro atoms. The van der Waals surface area contributed by atoms with Gasteiger partial charge in [-0.2, -0.15) is 0 Å². The molecule has 0 fully saturated rings.